The van der Waals surface area contributed by atoms with E-state index in [2.05, 4.69) is 10.3 Å². The summed E-state index contributed by atoms with van der Waals surface area (Å²) in [4.78, 5) is 16.0. The zero-order valence-corrected chi connectivity index (χ0v) is 11.7. The fourth-order valence-electron chi connectivity index (χ4n) is 1.73. The number of nitrogens with one attached hydrogen (secondary N) is 1. The van der Waals surface area contributed by atoms with Gasteiger partial charge in [0.15, 0.2) is 6.61 Å². The van der Waals surface area contributed by atoms with Gasteiger partial charge in [-0.05, 0) is 19.1 Å². The molecule has 0 aliphatic heterocycles. The Labute approximate surface area is 124 Å². The molecule has 1 N–H and O–H groups in total. The van der Waals surface area contributed by atoms with Crippen molar-refractivity contribution in [3.8, 4) is 5.75 Å². The number of carbonyl (C=O) groups excluding carboxylic acids is 1. The normalized spacial score (nSPS) is 12.7. The molecule has 1 heterocycles. The van der Waals surface area contributed by atoms with E-state index in [1.54, 1.807) is 23.8 Å². The molecule has 2 rings (SSSR count). The summed E-state index contributed by atoms with van der Waals surface area (Å²) >= 11 is 0. The highest BCUT2D eigenvalue weighted by molar-refractivity contribution is 5.94. The van der Waals surface area contributed by atoms with Gasteiger partial charge in [0, 0.05) is 12.4 Å². The van der Waals surface area contributed by atoms with Gasteiger partial charge in [-0.25, -0.2) is 4.98 Å². The van der Waals surface area contributed by atoms with Crippen molar-refractivity contribution in [1.82, 2.24) is 9.55 Å². The Bertz CT molecular complexity index is 627. The van der Waals surface area contributed by atoms with Gasteiger partial charge in [-0.3, -0.25) is 4.79 Å². The average molecular weight is 313 g/mol. The zero-order chi connectivity index (χ0) is 16.2. The summed E-state index contributed by atoms with van der Waals surface area (Å²) in [7, 11) is 0. The number of anilines is 1. The van der Waals surface area contributed by atoms with E-state index in [4.69, 9.17) is 4.74 Å². The molecule has 1 atom stereocenters. The van der Waals surface area contributed by atoms with Crippen LogP contribution in [0.4, 0.5) is 18.9 Å². The molecule has 8 heteroatoms. The number of benzene rings is 1. The van der Waals surface area contributed by atoms with Crippen LogP contribution in [0.15, 0.2) is 43.0 Å². The molecule has 0 aliphatic carbocycles. The maximum absolute atomic E-state index is 12.2. The van der Waals surface area contributed by atoms with E-state index in [0.717, 1.165) is 0 Å². The quantitative estimate of drug-likeness (QED) is 0.923. The summed E-state index contributed by atoms with van der Waals surface area (Å²) < 4.78 is 43.0. The third kappa shape index (κ3) is 4.24. The molecule has 0 bridgehead atoms. The Kier molecular flexibility index (Phi) is 4.69. The van der Waals surface area contributed by atoms with Crippen LogP contribution in [0.25, 0.3) is 0 Å². The number of alkyl halides is 3. The number of nitrogens with zero attached hydrogens (tertiary/aromatic N) is 2. The van der Waals surface area contributed by atoms with Crippen molar-refractivity contribution in [2.24, 2.45) is 0 Å². The number of carbonyl (C=O) groups is 1. The molecule has 0 unspecified atom stereocenters. The first kappa shape index (κ1) is 15.9. The molecule has 5 nitrogen and oxygen atoms in total. The van der Waals surface area contributed by atoms with Crippen molar-refractivity contribution < 1.29 is 22.7 Å². The second-order valence-corrected chi connectivity index (χ2v) is 4.58. The predicted octanol–water partition coefficient (Wildman–Crippen LogP) is 3.02. The van der Waals surface area contributed by atoms with Crippen LogP contribution in [-0.2, 0) is 4.79 Å². The SMILES string of the molecule is C[C@@H](C(=O)Nc1ccccc1OCC(F)(F)F)n1ccnc1. The van der Waals surface area contributed by atoms with Crippen LogP contribution in [-0.4, -0.2) is 28.2 Å². The summed E-state index contributed by atoms with van der Waals surface area (Å²) in [5.41, 5.74) is 0.184. The highest BCUT2D eigenvalue weighted by Gasteiger charge is 2.29. The molecule has 0 saturated heterocycles. The molecule has 2 aromatic rings. The number of aromatic nitrogens is 2. The Morgan fingerprint density at radius 3 is 2.77 bits per heavy atom. The van der Waals surface area contributed by atoms with E-state index in [9.17, 15) is 18.0 Å². The first-order valence-electron chi connectivity index (χ1n) is 6.44. The minimum absolute atomic E-state index is 0.0361. The molecule has 0 fully saturated rings. The van der Waals surface area contributed by atoms with Crippen molar-refractivity contribution in [3.05, 3.63) is 43.0 Å². The van der Waals surface area contributed by atoms with Gasteiger partial charge in [0.25, 0.3) is 0 Å². The fraction of sp³-hybridized carbons (Fsp3) is 0.286. The summed E-state index contributed by atoms with van der Waals surface area (Å²) in [6, 6.07) is 5.41. The largest absolute Gasteiger partial charge is 0.482 e. The Morgan fingerprint density at radius 2 is 2.14 bits per heavy atom. The van der Waals surface area contributed by atoms with Crippen molar-refractivity contribution in [2.75, 3.05) is 11.9 Å². The molecular formula is C14H14F3N3O2. The van der Waals surface area contributed by atoms with Crippen LogP contribution >= 0.6 is 0 Å². The molecule has 0 aliphatic rings. The maximum atomic E-state index is 12.2. The lowest BCUT2D eigenvalue weighted by molar-refractivity contribution is -0.153. The summed E-state index contributed by atoms with van der Waals surface area (Å²) in [6.45, 7) is 0.229. The van der Waals surface area contributed by atoms with E-state index in [1.807, 2.05) is 0 Å². The van der Waals surface area contributed by atoms with Crippen LogP contribution in [0, 0.1) is 0 Å². The number of halogens is 3. The second kappa shape index (κ2) is 6.50. The van der Waals surface area contributed by atoms with Gasteiger partial charge in [0.05, 0.1) is 12.0 Å². The van der Waals surface area contributed by atoms with Crippen LogP contribution in [0.3, 0.4) is 0 Å². The van der Waals surface area contributed by atoms with E-state index in [-0.39, 0.29) is 17.3 Å². The van der Waals surface area contributed by atoms with Crippen molar-refractivity contribution in [2.45, 2.75) is 19.1 Å². The number of imidazole rings is 1. The third-order valence-electron chi connectivity index (χ3n) is 2.89. The van der Waals surface area contributed by atoms with Gasteiger partial charge in [-0.15, -0.1) is 0 Å². The van der Waals surface area contributed by atoms with Crippen LogP contribution < -0.4 is 10.1 Å². The highest BCUT2D eigenvalue weighted by atomic mass is 19.4. The van der Waals surface area contributed by atoms with E-state index in [1.165, 1.54) is 30.7 Å². The predicted molar refractivity (Wildman–Crippen MR) is 73.6 cm³/mol. The van der Waals surface area contributed by atoms with Crippen molar-refractivity contribution >= 4 is 11.6 Å². The molecule has 1 aromatic heterocycles. The number of hydrogen-bond donors (Lipinski definition) is 1. The summed E-state index contributed by atoms with van der Waals surface area (Å²) in [5, 5.41) is 2.55. The summed E-state index contributed by atoms with van der Waals surface area (Å²) in [6.07, 6.45) is 0.192. The number of ether oxygens (including phenoxy) is 1. The monoisotopic (exact) mass is 313 g/mol. The minimum atomic E-state index is -4.44. The maximum Gasteiger partial charge on any atom is 0.422 e. The molecule has 118 valence electrons. The smallest absolute Gasteiger partial charge is 0.422 e. The third-order valence-corrected chi connectivity index (χ3v) is 2.89. The number of para-hydroxylation sites is 2. The van der Waals surface area contributed by atoms with Gasteiger partial charge < -0.3 is 14.6 Å². The molecule has 1 amide bonds. The molecule has 0 saturated carbocycles. The second-order valence-electron chi connectivity index (χ2n) is 4.58. The zero-order valence-electron chi connectivity index (χ0n) is 11.7. The van der Waals surface area contributed by atoms with Crippen LogP contribution in [0.5, 0.6) is 5.75 Å². The first-order valence-corrected chi connectivity index (χ1v) is 6.44. The first-order chi connectivity index (χ1) is 10.4. The number of amides is 1. The Hall–Kier alpha value is -2.51. The molecule has 0 spiro atoms. The van der Waals surface area contributed by atoms with Crippen LogP contribution in [0.1, 0.15) is 13.0 Å². The fourth-order valence-corrected chi connectivity index (χ4v) is 1.73. The van der Waals surface area contributed by atoms with Gasteiger partial charge in [-0.1, -0.05) is 12.1 Å². The molecule has 0 radical (unpaired) electrons. The van der Waals surface area contributed by atoms with Crippen LogP contribution in [0.2, 0.25) is 0 Å². The Balaban J connectivity index is 2.07. The van der Waals surface area contributed by atoms with E-state index < -0.39 is 18.8 Å². The number of rotatable bonds is 5. The van der Waals surface area contributed by atoms with Gasteiger partial charge in [0.1, 0.15) is 11.8 Å². The Morgan fingerprint density at radius 1 is 1.41 bits per heavy atom. The highest BCUT2D eigenvalue weighted by Crippen LogP contribution is 2.27. The lowest BCUT2D eigenvalue weighted by Crippen LogP contribution is -2.24. The average Bonchev–Trinajstić information content (AvgIpc) is 2.98. The van der Waals surface area contributed by atoms with Gasteiger partial charge in [-0.2, -0.15) is 13.2 Å². The lowest BCUT2D eigenvalue weighted by Gasteiger charge is -2.16. The number of hydrogen-bond acceptors (Lipinski definition) is 3. The van der Waals surface area contributed by atoms with Gasteiger partial charge >= 0.3 is 6.18 Å². The van der Waals surface area contributed by atoms with Gasteiger partial charge in [0.2, 0.25) is 5.91 Å². The minimum Gasteiger partial charge on any atom is -0.482 e. The van der Waals surface area contributed by atoms with E-state index in [0.29, 0.717) is 0 Å². The standard InChI is InChI=1S/C14H14F3N3O2/c1-10(20-7-6-18-9-20)13(21)19-11-4-2-3-5-12(11)22-8-14(15,16)17/h2-7,9-10H,8H2,1H3,(H,19,21)/t10-/m0/s1. The lowest BCUT2D eigenvalue weighted by atomic mass is 10.2. The molecular weight excluding hydrogens is 299 g/mol. The van der Waals surface area contributed by atoms with Crippen molar-refractivity contribution in [3.63, 3.8) is 0 Å². The van der Waals surface area contributed by atoms with E-state index >= 15 is 0 Å². The summed E-state index contributed by atoms with van der Waals surface area (Å²) in [5.74, 6) is -0.424. The molecule has 1 aromatic carbocycles. The van der Waals surface area contributed by atoms with Crippen molar-refractivity contribution in [1.29, 1.82) is 0 Å². The molecule has 22 heavy (non-hydrogen) atoms. The topological polar surface area (TPSA) is 56.1 Å².